The van der Waals surface area contributed by atoms with Crippen LogP contribution in [0.5, 0.6) is 5.75 Å². The molecule has 3 aliphatic heterocycles. The van der Waals surface area contributed by atoms with Crippen LogP contribution in [0.3, 0.4) is 0 Å². The van der Waals surface area contributed by atoms with Crippen molar-refractivity contribution < 1.29 is 27.5 Å². The number of hydrogen-bond donors (Lipinski definition) is 3. The number of fused-ring (bicyclic) bond motifs is 2. The Kier molecular flexibility index (Phi) is 5.96. The average Bonchev–Trinajstić information content (AvgIpc) is 3.50. The number of carbonyl (C=O) groups is 2. The van der Waals surface area contributed by atoms with Crippen LogP contribution in [0.1, 0.15) is 24.8 Å². The largest absolute Gasteiger partial charge is 0.483 e. The van der Waals surface area contributed by atoms with Crippen LogP contribution in [0.2, 0.25) is 0 Å². The van der Waals surface area contributed by atoms with E-state index in [2.05, 4.69) is 16.4 Å². The smallest absolute Gasteiger partial charge is 0.419 e. The first kappa shape index (κ1) is 22.4. The summed E-state index contributed by atoms with van der Waals surface area (Å²) in [5.41, 5.74) is 8.41. The molecule has 1 aromatic carbocycles. The minimum absolute atomic E-state index is 0.0131. The molecule has 1 aliphatic carbocycles. The molecule has 4 fully saturated rings. The molecule has 8 nitrogen and oxygen atoms in total. The van der Waals surface area contributed by atoms with Crippen molar-refractivity contribution in [3.8, 4) is 5.75 Å². The lowest BCUT2D eigenvalue weighted by Gasteiger charge is -2.32. The molecule has 5 atom stereocenters. The molecule has 180 valence electrons. The molecule has 4 aliphatic rings. The Morgan fingerprint density at radius 1 is 0.970 bits per heavy atom. The third-order valence-corrected chi connectivity index (χ3v) is 7.41. The van der Waals surface area contributed by atoms with E-state index in [0.717, 1.165) is 25.3 Å². The van der Waals surface area contributed by atoms with Crippen molar-refractivity contribution in [2.45, 2.75) is 37.5 Å². The van der Waals surface area contributed by atoms with Gasteiger partial charge in [0.05, 0.1) is 5.56 Å². The van der Waals surface area contributed by atoms with Gasteiger partial charge in [0.25, 0.3) is 5.91 Å². The number of ether oxygens (including phenoxy) is 1. The monoisotopic (exact) mass is 467 g/mol. The summed E-state index contributed by atoms with van der Waals surface area (Å²) in [6.45, 7) is 1.82. The molecule has 0 bridgehead atoms. The maximum atomic E-state index is 13.1. The van der Waals surface area contributed by atoms with E-state index in [4.69, 9.17) is 4.74 Å². The maximum Gasteiger partial charge on any atom is 0.419 e. The van der Waals surface area contributed by atoms with Crippen molar-refractivity contribution in [1.82, 2.24) is 26.2 Å². The van der Waals surface area contributed by atoms with Gasteiger partial charge in [-0.05, 0) is 31.4 Å². The summed E-state index contributed by atoms with van der Waals surface area (Å²) in [5.74, 6) is -0.0637. The summed E-state index contributed by atoms with van der Waals surface area (Å²) in [6, 6.07) is 5.51. The highest BCUT2D eigenvalue weighted by molar-refractivity contribution is 5.80. The number of hydrogen-bond acceptors (Lipinski definition) is 6. The second-order valence-electron chi connectivity index (χ2n) is 9.48. The van der Waals surface area contributed by atoms with E-state index in [1.54, 1.807) is 4.90 Å². The Hall–Kier alpha value is -2.37. The van der Waals surface area contributed by atoms with Crippen molar-refractivity contribution in [3.63, 3.8) is 0 Å². The van der Waals surface area contributed by atoms with Gasteiger partial charge in [-0.2, -0.15) is 18.7 Å². The molecule has 1 aromatic rings. The zero-order valence-electron chi connectivity index (χ0n) is 18.1. The number of alkyl halides is 3. The number of benzene rings is 1. The average molecular weight is 467 g/mol. The molecule has 3 unspecified atom stereocenters. The minimum atomic E-state index is -4.54. The minimum Gasteiger partial charge on any atom is -0.483 e. The Morgan fingerprint density at radius 2 is 1.64 bits per heavy atom. The quantitative estimate of drug-likeness (QED) is 0.616. The summed E-state index contributed by atoms with van der Waals surface area (Å²) >= 11 is 0. The fourth-order valence-electron chi connectivity index (χ4n) is 5.65. The van der Waals surface area contributed by atoms with E-state index < -0.39 is 18.3 Å². The van der Waals surface area contributed by atoms with E-state index in [0.29, 0.717) is 32.2 Å². The van der Waals surface area contributed by atoms with E-state index in [9.17, 15) is 22.8 Å². The molecule has 1 saturated carbocycles. The van der Waals surface area contributed by atoms with Crippen LogP contribution in [0.4, 0.5) is 13.2 Å². The molecular weight excluding hydrogens is 439 g/mol. The Balaban J connectivity index is 1.11. The van der Waals surface area contributed by atoms with Gasteiger partial charge in [-0.15, -0.1) is 0 Å². The maximum absolute atomic E-state index is 13.1. The number of amides is 2. The van der Waals surface area contributed by atoms with Crippen molar-refractivity contribution in [2.24, 2.45) is 17.8 Å². The predicted octanol–water partition coefficient (Wildman–Crippen LogP) is 1.15. The van der Waals surface area contributed by atoms with Gasteiger partial charge in [0.15, 0.2) is 6.61 Å². The second kappa shape index (κ2) is 8.77. The first-order valence-corrected chi connectivity index (χ1v) is 11.4. The van der Waals surface area contributed by atoms with Crippen molar-refractivity contribution in [3.05, 3.63) is 29.8 Å². The third kappa shape index (κ3) is 4.53. The highest BCUT2D eigenvalue weighted by atomic mass is 19.4. The summed E-state index contributed by atoms with van der Waals surface area (Å²) in [7, 11) is 0. The summed E-state index contributed by atoms with van der Waals surface area (Å²) < 4.78 is 44.6. The molecule has 0 spiro atoms. The Bertz CT molecular complexity index is 900. The van der Waals surface area contributed by atoms with Gasteiger partial charge in [-0.25, -0.2) is 10.9 Å². The van der Waals surface area contributed by atoms with Gasteiger partial charge in [0.2, 0.25) is 5.91 Å². The molecule has 3 N–H and O–H groups in total. The number of halogens is 3. The van der Waals surface area contributed by atoms with Crippen LogP contribution in [0.25, 0.3) is 0 Å². The molecule has 33 heavy (non-hydrogen) atoms. The molecule has 11 heteroatoms. The molecule has 0 radical (unpaired) electrons. The zero-order chi connectivity index (χ0) is 23.2. The number of rotatable bonds is 4. The van der Waals surface area contributed by atoms with Crippen LogP contribution in [-0.4, -0.2) is 66.5 Å². The molecule has 0 aromatic heterocycles. The number of carbonyl (C=O) groups excluding carboxylic acids is 2. The standard InChI is InChI=1S/C22H28F3N5O3/c23-22(24,25)16-3-1-2-4-19(16)33-12-20(31)29-8-14-10-30(11-15(14)9-29)21(32)13-5-6-17-18(7-13)27-28-26-17/h1-4,13-15,17-18,26-28H,5-12H2/t13?,14-,15-,17?,18?/m1/s1. The number of likely N-dealkylation sites (tertiary alicyclic amines) is 2. The lowest BCUT2D eigenvalue weighted by molar-refractivity contribution is -0.141. The van der Waals surface area contributed by atoms with Gasteiger partial charge in [-0.1, -0.05) is 12.1 Å². The zero-order valence-corrected chi connectivity index (χ0v) is 18.1. The number of para-hydroxylation sites is 1. The van der Waals surface area contributed by atoms with Crippen molar-refractivity contribution in [1.29, 1.82) is 0 Å². The fraction of sp³-hybridized carbons (Fsp3) is 0.636. The van der Waals surface area contributed by atoms with Crippen LogP contribution < -0.4 is 21.1 Å². The highest BCUT2D eigenvalue weighted by Gasteiger charge is 2.45. The summed E-state index contributed by atoms with van der Waals surface area (Å²) in [5, 5.41) is 0. The number of hydrazine groups is 2. The topological polar surface area (TPSA) is 85.9 Å². The third-order valence-electron chi connectivity index (χ3n) is 7.41. The predicted molar refractivity (Wildman–Crippen MR) is 111 cm³/mol. The Labute approximate surface area is 189 Å². The van der Waals surface area contributed by atoms with Gasteiger partial charge in [0, 0.05) is 56.0 Å². The van der Waals surface area contributed by atoms with Gasteiger partial charge in [-0.3, -0.25) is 9.59 Å². The lowest BCUT2D eigenvalue weighted by atomic mass is 9.82. The summed E-state index contributed by atoms with van der Waals surface area (Å²) in [6.07, 6.45) is -1.93. The lowest BCUT2D eigenvalue weighted by Crippen LogP contribution is -2.45. The number of nitrogens with zero attached hydrogens (tertiary/aromatic N) is 2. The molecule has 3 heterocycles. The first-order chi connectivity index (χ1) is 15.8. The fourth-order valence-corrected chi connectivity index (χ4v) is 5.65. The molecule has 5 rings (SSSR count). The SMILES string of the molecule is O=C(COc1ccccc1C(F)(F)F)N1C[C@@H]2CN(C(=O)C3CCC4NNNC4C3)C[C@H]2C1. The highest BCUT2D eigenvalue weighted by Crippen LogP contribution is 2.37. The van der Waals surface area contributed by atoms with E-state index in [1.807, 2.05) is 4.90 Å². The van der Waals surface area contributed by atoms with Gasteiger partial charge >= 0.3 is 6.18 Å². The van der Waals surface area contributed by atoms with Crippen molar-refractivity contribution >= 4 is 11.8 Å². The van der Waals surface area contributed by atoms with Crippen molar-refractivity contribution in [2.75, 3.05) is 32.8 Å². The molecule has 3 saturated heterocycles. The first-order valence-electron chi connectivity index (χ1n) is 11.4. The van der Waals surface area contributed by atoms with Crippen LogP contribution >= 0.6 is 0 Å². The van der Waals surface area contributed by atoms with E-state index in [-0.39, 0.29) is 41.4 Å². The summed E-state index contributed by atoms with van der Waals surface area (Å²) in [4.78, 5) is 29.3. The Morgan fingerprint density at radius 3 is 2.36 bits per heavy atom. The van der Waals surface area contributed by atoms with Crippen LogP contribution in [-0.2, 0) is 15.8 Å². The van der Waals surface area contributed by atoms with Gasteiger partial charge < -0.3 is 14.5 Å². The van der Waals surface area contributed by atoms with Gasteiger partial charge in [0.1, 0.15) is 5.75 Å². The molecule has 2 amide bonds. The van der Waals surface area contributed by atoms with E-state index in [1.165, 1.54) is 18.2 Å². The molecular formula is C22H28F3N5O3. The second-order valence-corrected chi connectivity index (χ2v) is 9.48. The van der Waals surface area contributed by atoms with Crippen LogP contribution in [0.15, 0.2) is 24.3 Å². The normalized spacial score (nSPS) is 31.4. The van der Waals surface area contributed by atoms with Crippen LogP contribution in [0, 0.1) is 17.8 Å². The van der Waals surface area contributed by atoms with E-state index >= 15 is 0 Å². The number of nitrogens with one attached hydrogen (secondary N) is 3.